The Kier molecular flexibility index (Phi) is 6.92. The van der Waals surface area contributed by atoms with Crippen molar-refractivity contribution in [1.82, 2.24) is 25.3 Å². The van der Waals surface area contributed by atoms with Crippen molar-refractivity contribution < 1.29 is 19.0 Å². The number of rotatable bonds is 8. The largest absolute Gasteiger partial charge is 0.495 e. The third-order valence-corrected chi connectivity index (χ3v) is 5.05. The SMILES string of the molecule is COc1cncc(-c2cnc(-c3ccccn3)c(C(=O)NCc3ccc(OC)c(OC)n3)c2)c1. The van der Waals surface area contributed by atoms with Crippen LogP contribution in [0.1, 0.15) is 16.1 Å². The van der Waals surface area contributed by atoms with Crippen LogP contribution in [0.15, 0.2) is 67.3 Å². The lowest BCUT2D eigenvalue weighted by atomic mass is 10.0. The molecule has 1 amide bonds. The highest BCUT2D eigenvalue weighted by atomic mass is 16.5. The fourth-order valence-corrected chi connectivity index (χ4v) is 3.32. The molecule has 9 nitrogen and oxygen atoms in total. The van der Waals surface area contributed by atoms with Crippen molar-refractivity contribution in [3.63, 3.8) is 0 Å². The van der Waals surface area contributed by atoms with Gasteiger partial charge in [-0.15, -0.1) is 0 Å². The molecule has 0 unspecified atom stereocenters. The molecule has 4 aromatic heterocycles. The summed E-state index contributed by atoms with van der Waals surface area (Å²) in [6.07, 6.45) is 6.65. The lowest BCUT2D eigenvalue weighted by Gasteiger charge is -2.12. The van der Waals surface area contributed by atoms with E-state index in [0.717, 1.165) is 11.1 Å². The van der Waals surface area contributed by atoms with Crippen molar-refractivity contribution >= 4 is 5.91 Å². The van der Waals surface area contributed by atoms with Crippen LogP contribution in [0.5, 0.6) is 17.4 Å². The van der Waals surface area contributed by atoms with Crippen LogP contribution in [-0.4, -0.2) is 47.2 Å². The fraction of sp³-hybridized carbons (Fsp3) is 0.160. The number of nitrogens with zero attached hydrogens (tertiary/aromatic N) is 4. The summed E-state index contributed by atoms with van der Waals surface area (Å²) in [4.78, 5) is 30.8. The molecule has 0 saturated heterocycles. The van der Waals surface area contributed by atoms with Crippen LogP contribution in [-0.2, 0) is 6.54 Å². The molecule has 1 N–H and O–H groups in total. The van der Waals surface area contributed by atoms with Gasteiger partial charge in [0.15, 0.2) is 5.75 Å². The maximum Gasteiger partial charge on any atom is 0.257 e. The van der Waals surface area contributed by atoms with Crippen LogP contribution in [0.25, 0.3) is 22.5 Å². The normalized spacial score (nSPS) is 10.4. The molecule has 4 heterocycles. The Morgan fingerprint density at radius 2 is 1.76 bits per heavy atom. The summed E-state index contributed by atoms with van der Waals surface area (Å²) in [5.41, 5.74) is 3.55. The summed E-state index contributed by atoms with van der Waals surface area (Å²) in [5.74, 6) is 1.15. The highest BCUT2D eigenvalue weighted by Crippen LogP contribution is 2.28. The molecule has 0 saturated carbocycles. The van der Waals surface area contributed by atoms with E-state index in [1.807, 2.05) is 24.3 Å². The van der Waals surface area contributed by atoms with Gasteiger partial charge in [0.25, 0.3) is 11.8 Å². The Labute approximate surface area is 196 Å². The monoisotopic (exact) mass is 457 g/mol. The number of aromatic nitrogens is 4. The van der Waals surface area contributed by atoms with Gasteiger partial charge in [0.05, 0.1) is 51.0 Å². The molecule has 0 radical (unpaired) electrons. The fourth-order valence-electron chi connectivity index (χ4n) is 3.32. The number of hydrogen-bond acceptors (Lipinski definition) is 8. The summed E-state index contributed by atoms with van der Waals surface area (Å²) in [6.45, 7) is 0.186. The maximum atomic E-state index is 13.3. The third kappa shape index (κ3) is 4.93. The zero-order chi connectivity index (χ0) is 23.9. The zero-order valence-corrected chi connectivity index (χ0v) is 19.0. The standard InChI is InChI=1S/C25H23N5O4/c1-32-19-10-16(12-26-15-19)17-11-20(23(28-13-17)21-6-4-5-9-27-21)24(31)29-14-18-7-8-22(33-2)25(30-18)34-3/h4-13,15H,14H2,1-3H3,(H,29,31). The molecule has 0 spiro atoms. The Hall–Kier alpha value is -4.53. The molecular formula is C25H23N5O4. The minimum absolute atomic E-state index is 0.186. The minimum atomic E-state index is -0.317. The Morgan fingerprint density at radius 1 is 0.912 bits per heavy atom. The minimum Gasteiger partial charge on any atom is -0.495 e. The van der Waals surface area contributed by atoms with Crippen molar-refractivity contribution in [2.45, 2.75) is 6.54 Å². The van der Waals surface area contributed by atoms with Crippen molar-refractivity contribution in [2.75, 3.05) is 21.3 Å². The molecule has 0 aromatic carbocycles. The number of nitrogens with one attached hydrogen (secondary N) is 1. The van der Waals surface area contributed by atoms with Crippen LogP contribution in [0.2, 0.25) is 0 Å². The quantitative estimate of drug-likeness (QED) is 0.428. The van der Waals surface area contributed by atoms with Crippen molar-refractivity contribution in [3.8, 4) is 39.9 Å². The van der Waals surface area contributed by atoms with E-state index in [0.29, 0.717) is 40.0 Å². The molecule has 4 aromatic rings. The Balaban J connectivity index is 1.67. The Bertz CT molecular complexity index is 1300. The van der Waals surface area contributed by atoms with Gasteiger partial charge in [-0.3, -0.25) is 19.7 Å². The van der Waals surface area contributed by atoms with E-state index < -0.39 is 0 Å². The number of methoxy groups -OCH3 is 3. The lowest BCUT2D eigenvalue weighted by Crippen LogP contribution is -2.24. The maximum absolute atomic E-state index is 13.3. The molecule has 4 rings (SSSR count). The number of ether oxygens (including phenoxy) is 3. The molecular weight excluding hydrogens is 434 g/mol. The number of pyridine rings is 4. The molecule has 0 atom stereocenters. The first-order chi connectivity index (χ1) is 16.6. The molecule has 34 heavy (non-hydrogen) atoms. The molecule has 172 valence electrons. The summed E-state index contributed by atoms with van der Waals surface area (Å²) >= 11 is 0. The van der Waals surface area contributed by atoms with E-state index >= 15 is 0 Å². The van der Waals surface area contributed by atoms with E-state index in [1.165, 1.54) is 14.2 Å². The van der Waals surface area contributed by atoms with Gasteiger partial charge in [-0.2, -0.15) is 0 Å². The first kappa shape index (κ1) is 22.7. The summed E-state index contributed by atoms with van der Waals surface area (Å²) in [6, 6.07) is 12.6. The average molecular weight is 457 g/mol. The van der Waals surface area contributed by atoms with Crippen LogP contribution in [0.4, 0.5) is 0 Å². The van der Waals surface area contributed by atoms with Gasteiger partial charge in [0.2, 0.25) is 0 Å². The van der Waals surface area contributed by atoms with Crippen LogP contribution in [0.3, 0.4) is 0 Å². The average Bonchev–Trinajstić information content (AvgIpc) is 2.91. The van der Waals surface area contributed by atoms with Gasteiger partial charge in [0, 0.05) is 29.7 Å². The summed E-state index contributed by atoms with van der Waals surface area (Å²) in [7, 11) is 4.62. The van der Waals surface area contributed by atoms with Crippen LogP contribution < -0.4 is 19.5 Å². The van der Waals surface area contributed by atoms with Gasteiger partial charge >= 0.3 is 0 Å². The predicted octanol–water partition coefficient (Wildman–Crippen LogP) is 3.56. The van der Waals surface area contributed by atoms with E-state index in [2.05, 4.69) is 25.3 Å². The van der Waals surface area contributed by atoms with E-state index in [1.54, 1.807) is 50.1 Å². The lowest BCUT2D eigenvalue weighted by molar-refractivity contribution is 0.0950. The van der Waals surface area contributed by atoms with Crippen molar-refractivity contribution in [1.29, 1.82) is 0 Å². The molecule has 0 fully saturated rings. The molecule has 0 aliphatic rings. The van der Waals surface area contributed by atoms with E-state index in [4.69, 9.17) is 14.2 Å². The zero-order valence-electron chi connectivity index (χ0n) is 19.0. The first-order valence-corrected chi connectivity index (χ1v) is 10.4. The summed E-state index contributed by atoms with van der Waals surface area (Å²) in [5, 5.41) is 2.91. The molecule has 0 aliphatic carbocycles. The van der Waals surface area contributed by atoms with Gasteiger partial charge in [0.1, 0.15) is 11.4 Å². The Morgan fingerprint density at radius 3 is 2.50 bits per heavy atom. The molecule has 0 bridgehead atoms. The highest BCUT2D eigenvalue weighted by Gasteiger charge is 2.18. The highest BCUT2D eigenvalue weighted by molar-refractivity contribution is 6.00. The van der Waals surface area contributed by atoms with Gasteiger partial charge in [-0.05, 0) is 36.4 Å². The smallest absolute Gasteiger partial charge is 0.257 e. The predicted molar refractivity (Wildman–Crippen MR) is 126 cm³/mol. The summed E-state index contributed by atoms with van der Waals surface area (Å²) < 4.78 is 15.7. The number of carbonyl (C=O) groups is 1. The van der Waals surface area contributed by atoms with Gasteiger partial charge in [-0.25, -0.2) is 4.98 Å². The molecule has 9 heteroatoms. The second-order valence-corrected chi connectivity index (χ2v) is 7.15. The second-order valence-electron chi connectivity index (χ2n) is 7.15. The van der Waals surface area contributed by atoms with Crippen LogP contribution in [0, 0.1) is 0 Å². The van der Waals surface area contributed by atoms with E-state index in [-0.39, 0.29) is 12.5 Å². The van der Waals surface area contributed by atoms with Crippen molar-refractivity contribution in [3.05, 3.63) is 78.5 Å². The second kappa shape index (κ2) is 10.4. The first-order valence-electron chi connectivity index (χ1n) is 10.4. The molecule has 0 aliphatic heterocycles. The number of hydrogen-bond donors (Lipinski definition) is 1. The third-order valence-electron chi connectivity index (χ3n) is 5.05. The van der Waals surface area contributed by atoms with Crippen molar-refractivity contribution in [2.24, 2.45) is 0 Å². The topological polar surface area (TPSA) is 108 Å². The van der Waals surface area contributed by atoms with Crippen LogP contribution >= 0.6 is 0 Å². The van der Waals surface area contributed by atoms with Gasteiger partial charge in [-0.1, -0.05) is 6.07 Å². The number of amides is 1. The van der Waals surface area contributed by atoms with E-state index in [9.17, 15) is 4.79 Å². The van der Waals surface area contributed by atoms with Gasteiger partial charge < -0.3 is 19.5 Å². The number of carbonyl (C=O) groups excluding carboxylic acids is 1.